The van der Waals surface area contributed by atoms with Crippen molar-refractivity contribution >= 4 is 5.91 Å². The molecule has 0 spiro atoms. The van der Waals surface area contributed by atoms with Gasteiger partial charge in [-0.25, -0.2) is 0 Å². The predicted molar refractivity (Wildman–Crippen MR) is 68.9 cm³/mol. The Kier molecular flexibility index (Phi) is 6.52. The third-order valence-corrected chi connectivity index (χ3v) is 3.03. The molecule has 1 heterocycles. The van der Waals surface area contributed by atoms with Gasteiger partial charge in [0.1, 0.15) is 6.10 Å². The van der Waals surface area contributed by atoms with E-state index >= 15 is 0 Å². The van der Waals surface area contributed by atoms with Gasteiger partial charge in [0.2, 0.25) is 5.91 Å². The van der Waals surface area contributed by atoms with E-state index in [0.29, 0.717) is 18.4 Å². The van der Waals surface area contributed by atoms with Gasteiger partial charge < -0.3 is 15.4 Å². The summed E-state index contributed by atoms with van der Waals surface area (Å²) in [4.78, 5) is 11.7. The summed E-state index contributed by atoms with van der Waals surface area (Å²) in [7, 11) is 0. The molecule has 0 radical (unpaired) electrons. The second-order valence-corrected chi connectivity index (χ2v) is 5.33. The average Bonchev–Trinajstić information content (AvgIpc) is 2.34. The van der Waals surface area contributed by atoms with E-state index < -0.39 is 0 Å². The first kappa shape index (κ1) is 14.5. The first-order valence-corrected chi connectivity index (χ1v) is 6.69. The van der Waals surface area contributed by atoms with E-state index in [1.165, 1.54) is 12.8 Å². The van der Waals surface area contributed by atoms with Crippen molar-refractivity contribution in [3.05, 3.63) is 0 Å². The molecule has 2 N–H and O–H groups in total. The molecule has 100 valence electrons. The highest BCUT2D eigenvalue weighted by Gasteiger charge is 2.18. The van der Waals surface area contributed by atoms with Gasteiger partial charge in [0.25, 0.3) is 0 Å². The zero-order chi connectivity index (χ0) is 12.7. The predicted octanol–water partition coefficient (Wildman–Crippen LogP) is 1.16. The molecule has 1 aliphatic rings. The molecule has 2 atom stereocenters. The van der Waals surface area contributed by atoms with Gasteiger partial charge >= 0.3 is 0 Å². The van der Waals surface area contributed by atoms with E-state index in [0.717, 1.165) is 19.6 Å². The fourth-order valence-corrected chi connectivity index (χ4v) is 1.87. The van der Waals surface area contributed by atoms with Crippen LogP contribution in [0.4, 0.5) is 0 Å². The summed E-state index contributed by atoms with van der Waals surface area (Å²) in [5.74, 6) is 1.04. The third kappa shape index (κ3) is 6.03. The Morgan fingerprint density at radius 1 is 1.47 bits per heavy atom. The van der Waals surface area contributed by atoms with E-state index in [9.17, 15) is 4.79 Å². The van der Waals surface area contributed by atoms with Crippen molar-refractivity contribution in [2.75, 3.05) is 26.2 Å². The number of hydrogen-bond donors (Lipinski definition) is 2. The second kappa shape index (κ2) is 7.67. The quantitative estimate of drug-likeness (QED) is 0.735. The van der Waals surface area contributed by atoms with Crippen molar-refractivity contribution in [3.63, 3.8) is 0 Å². The minimum Gasteiger partial charge on any atom is -0.368 e. The first-order chi connectivity index (χ1) is 8.09. The van der Waals surface area contributed by atoms with E-state index in [2.05, 4.69) is 24.5 Å². The van der Waals surface area contributed by atoms with Crippen LogP contribution in [-0.2, 0) is 9.53 Å². The summed E-state index contributed by atoms with van der Waals surface area (Å²) < 4.78 is 5.62. The summed E-state index contributed by atoms with van der Waals surface area (Å²) in [6.45, 7) is 9.52. The third-order valence-electron chi connectivity index (χ3n) is 3.03. The molecule has 1 fully saturated rings. The van der Waals surface area contributed by atoms with E-state index in [1.54, 1.807) is 0 Å². The van der Waals surface area contributed by atoms with Crippen LogP contribution < -0.4 is 10.6 Å². The average molecular weight is 242 g/mol. The van der Waals surface area contributed by atoms with Crippen LogP contribution in [0.25, 0.3) is 0 Å². The normalized spacial score (nSPS) is 22.5. The lowest BCUT2D eigenvalue weighted by Crippen LogP contribution is -2.39. The molecule has 2 unspecified atom stereocenters. The maximum absolute atomic E-state index is 11.7. The Morgan fingerprint density at radius 2 is 2.24 bits per heavy atom. The number of piperidine rings is 1. The van der Waals surface area contributed by atoms with Crippen LogP contribution in [0.5, 0.6) is 0 Å². The summed E-state index contributed by atoms with van der Waals surface area (Å²) in [6, 6.07) is 0. The van der Waals surface area contributed by atoms with Crippen LogP contribution >= 0.6 is 0 Å². The lowest BCUT2D eigenvalue weighted by atomic mass is 10.0. The van der Waals surface area contributed by atoms with E-state index in [1.807, 2.05) is 6.92 Å². The number of ether oxygens (including phenoxy) is 1. The lowest BCUT2D eigenvalue weighted by molar-refractivity contribution is -0.132. The van der Waals surface area contributed by atoms with Crippen molar-refractivity contribution < 1.29 is 9.53 Å². The summed E-state index contributed by atoms with van der Waals surface area (Å²) in [6.07, 6.45) is 2.07. The van der Waals surface area contributed by atoms with Crippen LogP contribution in [0.2, 0.25) is 0 Å². The van der Waals surface area contributed by atoms with Gasteiger partial charge in [0, 0.05) is 13.1 Å². The molecule has 0 aromatic carbocycles. The molecule has 4 nitrogen and oxygen atoms in total. The van der Waals surface area contributed by atoms with Gasteiger partial charge in [-0.3, -0.25) is 4.79 Å². The second-order valence-electron chi connectivity index (χ2n) is 5.33. The van der Waals surface area contributed by atoms with Gasteiger partial charge in [-0.05, 0) is 38.1 Å². The monoisotopic (exact) mass is 242 g/mol. The molecule has 0 bridgehead atoms. The number of hydrogen-bond acceptors (Lipinski definition) is 3. The zero-order valence-electron chi connectivity index (χ0n) is 11.3. The van der Waals surface area contributed by atoms with Crippen LogP contribution in [0.3, 0.4) is 0 Å². The van der Waals surface area contributed by atoms with Crippen LogP contribution in [-0.4, -0.2) is 38.3 Å². The van der Waals surface area contributed by atoms with E-state index in [-0.39, 0.29) is 12.0 Å². The maximum atomic E-state index is 11.7. The highest BCUT2D eigenvalue weighted by atomic mass is 16.5. The molecule has 0 aliphatic carbocycles. The Balaban J connectivity index is 2.14. The zero-order valence-corrected chi connectivity index (χ0v) is 11.3. The molecular formula is C13H26N2O2. The van der Waals surface area contributed by atoms with Crippen LogP contribution in [0.1, 0.15) is 33.6 Å². The highest BCUT2D eigenvalue weighted by Crippen LogP contribution is 2.11. The van der Waals surface area contributed by atoms with Gasteiger partial charge in [-0.15, -0.1) is 0 Å². The molecule has 1 rings (SSSR count). The Labute approximate surface area is 104 Å². The number of nitrogens with one attached hydrogen (secondary N) is 2. The van der Waals surface area contributed by atoms with E-state index in [4.69, 9.17) is 4.74 Å². The van der Waals surface area contributed by atoms with Crippen LogP contribution in [0.15, 0.2) is 0 Å². The molecule has 17 heavy (non-hydrogen) atoms. The number of carbonyl (C=O) groups excluding carboxylic acids is 1. The summed E-state index contributed by atoms with van der Waals surface area (Å²) in [5.41, 5.74) is 0. The molecule has 0 aromatic rings. The van der Waals surface area contributed by atoms with Crippen molar-refractivity contribution in [2.45, 2.75) is 39.7 Å². The van der Waals surface area contributed by atoms with Gasteiger partial charge in [-0.1, -0.05) is 13.8 Å². The summed E-state index contributed by atoms with van der Waals surface area (Å²) >= 11 is 0. The maximum Gasteiger partial charge on any atom is 0.248 e. The first-order valence-electron chi connectivity index (χ1n) is 6.69. The van der Waals surface area contributed by atoms with Gasteiger partial charge in [0.15, 0.2) is 0 Å². The smallest absolute Gasteiger partial charge is 0.248 e. The van der Waals surface area contributed by atoms with Crippen molar-refractivity contribution in [1.82, 2.24) is 10.6 Å². The fourth-order valence-electron chi connectivity index (χ4n) is 1.87. The Morgan fingerprint density at radius 3 is 2.82 bits per heavy atom. The number of carbonyl (C=O) groups is 1. The molecule has 4 heteroatoms. The van der Waals surface area contributed by atoms with Gasteiger partial charge in [-0.2, -0.15) is 0 Å². The van der Waals surface area contributed by atoms with Crippen molar-refractivity contribution in [2.24, 2.45) is 11.8 Å². The Bertz CT molecular complexity index is 225. The molecule has 1 saturated heterocycles. The minimum atomic E-state index is -0.337. The molecule has 1 amide bonds. The SMILES string of the molecule is CC(C)CNC(=O)C(C)OCC1CCCNC1. The molecule has 0 saturated carbocycles. The minimum absolute atomic E-state index is 0.00229. The van der Waals surface area contributed by atoms with Crippen LogP contribution in [0, 0.1) is 11.8 Å². The number of amides is 1. The fraction of sp³-hybridized carbons (Fsp3) is 0.923. The lowest BCUT2D eigenvalue weighted by Gasteiger charge is -2.24. The molecule has 1 aliphatic heterocycles. The molecular weight excluding hydrogens is 216 g/mol. The topological polar surface area (TPSA) is 50.4 Å². The van der Waals surface area contributed by atoms with Crippen molar-refractivity contribution in [3.8, 4) is 0 Å². The van der Waals surface area contributed by atoms with Gasteiger partial charge in [0.05, 0.1) is 6.61 Å². The standard InChI is InChI=1S/C13H26N2O2/c1-10(2)7-15-13(16)11(3)17-9-12-5-4-6-14-8-12/h10-12,14H,4-9H2,1-3H3,(H,15,16). The largest absolute Gasteiger partial charge is 0.368 e. The summed E-state index contributed by atoms with van der Waals surface area (Å²) in [5, 5.41) is 6.24. The highest BCUT2D eigenvalue weighted by molar-refractivity contribution is 5.80. The Hall–Kier alpha value is -0.610. The van der Waals surface area contributed by atoms with Crippen molar-refractivity contribution in [1.29, 1.82) is 0 Å². The molecule has 0 aromatic heterocycles. The number of rotatable bonds is 6.